The van der Waals surface area contributed by atoms with Crippen LogP contribution in [0.15, 0.2) is 29.3 Å². The molecule has 3 heteroatoms. The van der Waals surface area contributed by atoms with Crippen molar-refractivity contribution in [3.63, 3.8) is 0 Å². The molecule has 0 aromatic heterocycles. The van der Waals surface area contributed by atoms with E-state index < -0.39 is 0 Å². The lowest BCUT2D eigenvalue weighted by atomic mass is 9.96. The van der Waals surface area contributed by atoms with Crippen molar-refractivity contribution < 1.29 is 9.47 Å². The highest BCUT2D eigenvalue weighted by Gasteiger charge is 2.26. The number of ether oxygens (including phenoxy) is 2. The third-order valence-electron chi connectivity index (χ3n) is 3.30. The Hall–Kier alpha value is -1.51. The van der Waals surface area contributed by atoms with Gasteiger partial charge in [0.25, 0.3) is 0 Å². The molecule has 0 saturated heterocycles. The van der Waals surface area contributed by atoms with Crippen LogP contribution in [-0.4, -0.2) is 26.2 Å². The minimum Gasteiger partial charge on any atom is -0.497 e. The average Bonchev–Trinajstić information content (AvgIpc) is 2.71. The second-order valence-electron chi connectivity index (χ2n) is 4.53. The summed E-state index contributed by atoms with van der Waals surface area (Å²) in [4.78, 5) is 4.59. The third-order valence-corrected chi connectivity index (χ3v) is 3.30. The predicted molar refractivity (Wildman–Crippen MR) is 68.7 cm³/mol. The van der Waals surface area contributed by atoms with Gasteiger partial charge in [-0.25, -0.2) is 0 Å². The summed E-state index contributed by atoms with van der Waals surface area (Å²) >= 11 is 0. The van der Waals surface area contributed by atoms with E-state index in [1.807, 2.05) is 12.1 Å². The Bertz CT molecular complexity index is 397. The number of nitrogens with zero attached hydrogens (tertiary/aromatic N) is 1. The van der Waals surface area contributed by atoms with Crippen molar-refractivity contribution in [3.05, 3.63) is 29.8 Å². The van der Waals surface area contributed by atoms with E-state index in [0.717, 1.165) is 24.5 Å². The zero-order chi connectivity index (χ0) is 12.3. The van der Waals surface area contributed by atoms with Crippen LogP contribution in [0.3, 0.4) is 0 Å². The van der Waals surface area contributed by atoms with Crippen molar-refractivity contribution in [2.45, 2.75) is 25.8 Å². The standard InChI is InChI=1S/C14H19NO2/c1-10-8-14(17-3)15-13(10)9-11-4-6-12(16-2)7-5-11/h4-7,10,13H,8-9H2,1-3H3. The Morgan fingerprint density at radius 3 is 2.41 bits per heavy atom. The number of methoxy groups -OCH3 is 2. The van der Waals surface area contributed by atoms with E-state index in [0.29, 0.717) is 12.0 Å². The first kappa shape index (κ1) is 12.0. The van der Waals surface area contributed by atoms with Crippen LogP contribution in [0.5, 0.6) is 5.75 Å². The number of benzene rings is 1. The van der Waals surface area contributed by atoms with Gasteiger partial charge in [0, 0.05) is 6.42 Å². The molecule has 0 saturated carbocycles. The van der Waals surface area contributed by atoms with Crippen LogP contribution < -0.4 is 4.74 Å². The van der Waals surface area contributed by atoms with Gasteiger partial charge in [0.1, 0.15) is 5.75 Å². The summed E-state index contributed by atoms with van der Waals surface area (Å²) in [7, 11) is 3.38. The molecule has 1 aromatic rings. The van der Waals surface area contributed by atoms with E-state index in [1.165, 1.54) is 5.56 Å². The average molecular weight is 233 g/mol. The van der Waals surface area contributed by atoms with Gasteiger partial charge in [-0.15, -0.1) is 0 Å². The van der Waals surface area contributed by atoms with Gasteiger partial charge in [0.05, 0.1) is 20.3 Å². The van der Waals surface area contributed by atoms with Crippen molar-refractivity contribution in [2.24, 2.45) is 10.9 Å². The fourth-order valence-electron chi connectivity index (χ4n) is 2.16. The maximum atomic E-state index is 5.22. The monoisotopic (exact) mass is 233 g/mol. The van der Waals surface area contributed by atoms with E-state index >= 15 is 0 Å². The molecule has 0 radical (unpaired) electrons. The van der Waals surface area contributed by atoms with Crippen LogP contribution >= 0.6 is 0 Å². The van der Waals surface area contributed by atoms with Crippen LogP contribution in [-0.2, 0) is 11.2 Å². The van der Waals surface area contributed by atoms with Gasteiger partial charge in [-0.1, -0.05) is 19.1 Å². The maximum absolute atomic E-state index is 5.22. The molecule has 17 heavy (non-hydrogen) atoms. The van der Waals surface area contributed by atoms with E-state index in [4.69, 9.17) is 9.47 Å². The zero-order valence-electron chi connectivity index (χ0n) is 10.6. The van der Waals surface area contributed by atoms with Gasteiger partial charge in [-0.05, 0) is 30.0 Å². The summed E-state index contributed by atoms with van der Waals surface area (Å²) in [5.74, 6) is 2.34. The first-order valence-electron chi connectivity index (χ1n) is 5.96. The van der Waals surface area contributed by atoms with Crippen molar-refractivity contribution >= 4 is 5.90 Å². The smallest absolute Gasteiger partial charge is 0.183 e. The van der Waals surface area contributed by atoms with E-state index in [1.54, 1.807) is 14.2 Å². The topological polar surface area (TPSA) is 30.8 Å². The molecule has 0 aliphatic carbocycles. The number of aliphatic imine (C=N–C) groups is 1. The highest BCUT2D eigenvalue weighted by Crippen LogP contribution is 2.25. The molecule has 92 valence electrons. The van der Waals surface area contributed by atoms with Gasteiger partial charge in [-0.3, -0.25) is 4.99 Å². The van der Waals surface area contributed by atoms with Crippen molar-refractivity contribution in [2.75, 3.05) is 14.2 Å². The molecule has 0 bridgehead atoms. The number of hydrogen-bond acceptors (Lipinski definition) is 3. The van der Waals surface area contributed by atoms with Crippen molar-refractivity contribution in [1.29, 1.82) is 0 Å². The normalized spacial score (nSPS) is 23.4. The third kappa shape index (κ3) is 2.78. The van der Waals surface area contributed by atoms with E-state index in [2.05, 4.69) is 24.0 Å². The van der Waals surface area contributed by atoms with E-state index in [-0.39, 0.29) is 0 Å². The highest BCUT2D eigenvalue weighted by molar-refractivity contribution is 5.78. The summed E-state index contributed by atoms with van der Waals surface area (Å²) in [6, 6.07) is 8.54. The molecule has 2 atom stereocenters. The quantitative estimate of drug-likeness (QED) is 0.803. The lowest BCUT2D eigenvalue weighted by molar-refractivity contribution is 0.390. The Morgan fingerprint density at radius 1 is 1.18 bits per heavy atom. The van der Waals surface area contributed by atoms with Crippen LogP contribution in [0, 0.1) is 5.92 Å². The van der Waals surface area contributed by atoms with Crippen LogP contribution in [0.1, 0.15) is 18.9 Å². The summed E-state index contributed by atoms with van der Waals surface area (Å²) in [5, 5.41) is 0. The Kier molecular flexibility index (Phi) is 3.67. The second-order valence-corrected chi connectivity index (χ2v) is 4.53. The Morgan fingerprint density at radius 2 is 1.88 bits per heavy atom. The van der Waals surface area contributed by atoms with E-state index in [9.17, 15) is 0 Å². The minimum atomic E-state index is 0.346. The molecule has 1 aliphatic heterocycles. The van der Waals surface area contributed by atoms with Crippen LogP contribution in [0.25, 0.3) is 0 Å². The second kappa shape index (κ2) is 5.21. The molecular formula is C14H19NO2. The summed E-state index contributed by atoms with van der Waals surface area (Å²) in [5.41, 5.74) is 1.30. The summed E-state index contributed by atoms with van der Waals surface area (Å²) in [6.45, 7) is 2.23. The van der Waals surface area contributed by atoms with Gasteiger partial charge in [-0.2, -0.15) is 0 Å². The van der Waals surface area contributed by atoms with Crippen LogP contribution in [0.4, 0.5) is 0 Å². The molecule has 0 fully saturated rings. The maximum Gasteiger partial charge on any atom is 0.183 e. The Balaban J connectivity index is 2.02. The van der Waals surface area contributed by atoms with Gasteiger partial charge < -0.3 is 9.47 Å². The zero-order valence-corrected chi connectivity index (χ0v) is 10.6. The fraction of sp³-hybridized carbons (Fsp3) is 0.500. The van der Waals surface area contributed by atoms with Gasteiger partial charge in [0.15, 0.2) is 5.90 Å². The molecular weight excluding hydrogens is 214 g/mol. The molecule has 0 amide bonds. The number of rotatable bonds is 3. The molecule has 1 heterocycles. The van der Waals surface area contributed by atoms with Crippen molar-refractivity contribution in [1.82, 2.24) is 0 Å². The van der Waals surface area contributed by atoms with Crippen molar-refractivity contribution in [3.8, 4) is 5.75 Å². The largest absolute Gasteiger partial charge is 0.497 e. The highest BCUT2D eigenvalue weighted by atomic mass is 16.5. The summed E-state index contributed by atoms with van der Waals surface area (Å²) in [6.07, 6.45) is 1.93. The first-order chi connectivity index (χ1) is 8.22. The SMILES string of the molecule is COC1=NC(Cc2ccc(OC)cc2)C(C)C1. The van der Waals surface area contributed by atoms with Gasteiger partial charge >= 0.3 is 0 Å². The lowest BCUT2D eigenvalue weighted by Gasteiger charge is -2.12. The molecule has 2 unspecified atom stereocenters. The molecule has 0 spiro atoms. The molecule has 2 rings (SSSR count). The lowest BCUT2D eigenvalue weighted by Crippen LogP contribution is -2.13. The first-order valence-corrected chi connectivity index (χ1v) is 5.96. The van der Waals surface area contributed by atoms with Gasteiger partial charge in [0.2, 0.25) is 0 Å². The number of hydrogen-bond donors (Lipinski definition) is 0. The molecule has 3 nitrogen and oxygen atoms in total. The fourth-order valence-corrected chi connectivity index (χ4v) is 2.16. The Labute approximate surface area is 102 Å². The molecule has 0 N–H and O–H groups in total. The predicted octanol–water partition coefficient (Wildman–Crippen LogP) is 2.69. The molecule has 1 aromatic carbocycles. The molecule has 1 aliphatic rings. The summed E-state index contributed by atoms with van der Waals surface area (Å²) < 4.78 is 10.4. The van der Waals surface area contributed by atoms with Crippen LogP contribution in [0.2, 0.25) is 0 Å². The minimum absolute atomic E-state index is 0.346.